The van der Waals surface area contributed by atoms with Gasteiger partial charge in [0.2, 0.25) is 11.4 Å². The number of nitrogens with zero attached hydrogens (tertiary/aromatic N) is 4. The molecule has 0 aliphatic carbocycles. The minimum absolute atomic E-state index is 0.194. The molecule has 1 N–H and O–H groups in total. The number of fused-ring (bicyclic) bond motifs is 5. The van der Waals surface area contributed by atoms with E-state index in [9.17, 15) is 14.7 Å². The normalized spacial score (nSPS) is 11.4. The van der Waals surface area contributed by atoms with Crippen LogP contribution >= 0.6 is 11.3 Å². The average Bonchev–Trinajstić information content (AvgIpc) is 2.93. The summed E-state index contributed by atoms with van der Waals surface area (Å²) in [5.74, 6) is -0.795. The van der Waals surface area contributed by atoms with Crippen LogP contribution in [-0.2, 0) is 0 Å². The summed E-state index contributed by atoms with van der Waals surface area (Å²) >= 11 is 1.27. The van der Waals surface area contributed by atoms with Crippen molar-refractivity contribution >= 4 is 49.3 Å². The molecule has 120 valence electrons. The van der Waals surface area contributed by atoms with E-state index in [0.29, 0.717) is 16.4 Å². The molecule has 8 heteroatoms. The Morgan fingerprint density at radius 1 is 1.29 bits per heavy atom. The average molecular weight is 340 g/mol. The third kappa shape index (κ3) is 1.89. The maximum Gasteiger partial charge on any atom is 0.342 e. The Bertz CT molecular complexity index is 1190. The molecule has 3 heterocycles. The predicted molar refractivity (Wildman–Crippen MR) is 93.4 cm³/mol. The molecule has 0 atom stereocenters. The predicted octanol–water partition coefficient (Wildman–Crippen LogP) is 2.22. The molecule has 0 amide bonds. The van der Waals surface area contributed by atoms with E-state index in [1.165, 1.54) is 17.5 Å². The first-order valence-corrected chi connectivity index (χ1v) is 7.94. The van der Waals surface area contributed by atoms with Crippen molar-refractivity contribution in [1.29, 1.82) is 0 Å². The molecule has 0 radical (unpaired) electrons. The third-order valence-electron chi connectivity index (χ3n) is 3.78. The Hall–Kier alpha value is -3.00. The topological polar surface area (TPSA) is 87.8 Å². The van der Waals surface area contributed by atoms with E-state index in [1.807, 2.05) is 24.3 Å². The van der Waals surface area contributed by atoms with E-state index in [0.717, 1.165) is 10.2 Å². The van der Waals surface area contributed by atoms with Gasteiger partial charge < -0.3 is 10.0 Å². The smallest absolute Gasteiger partial charge is 0.342 e. The van der Waals surface area contributed by atoms with E-state index in [-0.39, 0.29) is 10.9 Å². The summed E-state index contributed by atoms with van der Waals surface area (Å²) in [6.45, 7) is 0. The van der Waals surface area contributed by atoms with Crippen molar-refractivity contribution in [2.75, 3.05) is 19.0 Å². The van der Waals surface area contributed by atoms with Crippen LogP contribution in [0.4, 0.5) is 5.95 Å². The van der Waals surface area contributed by atoms with Crippen molar-refractivity contribution in [3.05, 3.63) is 46.2 Å². The highest BCUT2D eigenvalue weighted by Crippen LogP contribution is 2.30. The summed E-state index contributed by atoms with van der Waals surface area (Å²) in [6, 6.07) is 7.51. The van der Waals surface area contributed by atoms with Crippen LogP contribution in [0.3, 0.4) is 0 Å². The Morgan fingerprint density at radius 2 is 2.04 bits per heavy atom. The maximum atomic E-state index is 12.7. The summed E-state index contributed by atoms with van der Waals surface area (Å²) in [6.07, 6.45) is 1.39. The molecule has 0 saturated heterocycles. The molecule has 0 aliphatic rings. The van der Waals surface area contributed by atoms with Crippen LogP contribution in [0.15, 0.2) is 35.3 Å². The van der Waals surface area contributed by atoms with Gasteiger partial charge in [0.1, 0.15) is 10.4 Å². The van der Waals surface area contributed by atoms with Gasteiger partial charge in [0, 0.05) is 20.3 Å². The highest BCUT2D eigenvalue weighted by atomic mass is 32.1. The number of para-hydroxylation sites is 1. The zero-order valence-corrected chi connectivity index (χ0v) is 13.7. The standard InChI is InChI=1S/C16H12N4O3S/c1-19(2)16-17-7-8-12(21)11(15(22)23)14-20(13(8)18-16)9-5-3-4-6-10(9)24-14/h3-7H,1-2H3,(H,22,23). The molecule has 0 unspecified atom stereocenters. The number of pyridine rings is 1. The van der Waals surface area contributed by atoms with Gasteiger partial charge in [-0.2, -0.15) is 4.98 Å². The van der Waals surface area contributed by atoms with Crippen LogP contribution in [0.2, 0.25) is 0 Å². The molecule has 24 heavy (non-hydrogen) atoms. The van der Waals surface area contributed by atoms with E-state index in [1.54, 1.807) is 23.4 Å². The summed E-state index contributed by atoms with van der Waals surface area (Å²) in [5, 5.41) is 9.73. The van der Waals surface area contributed by atoms with Gasteiger partial charge >= 0.3 is 5.97 Å². The van der Waals surface area contributed by atoms with E-state index in [4.69, 9.17) is 0 Å². The number of anilines is 1. The molecule has 3 aromatic heterocycles. The van der Waals surface area contributed by atoms with Gasteiger partial charge in [-0.25, -0.2) is 9.78 Å². The summed E-state index contributed by atoms with van der Waals surface area (Å²) in [5.41, 5.74) is 0.420. The lowest BCUT2D eigenvalue weighted by Gasteiger charge is -2.11. The molecule has 7 nitrogen and oxygen atoms in total. The van der Waals surface area contributed by atoms with Crippen LogP contribution in [0.5, 0.6) is 0 Å². The van der Waals surface area contributed by atoms with Gasteiger partial charge in [-0.05, 0) is 12.1 Å². The second-order valence-corrected chi connectivity index (χ2v) is 6.55. The lowest BCUT2D eigenvalue weighted by molar-refractivity contribution is 0.0698. The molecule has 0 bridgehead atoms. The van der Waals surface area contributed by atoms with Gasteiger partial charge in [0.15, 0.2) is 5.65 Å². The maximum absolute atomic E-state index is 12.7. The lowest BCUT2D eigenvalue weighted by atomic mass is 10.2. The fourth-order valence-corrected chi connectivity index (χ4v) is 3.87. The van der Waals surface area contributed by atoms with Gasteiger partial charge in [0.05, 0.1) is 15.6 Å². The minimum Gasteiger partial charge on any atom is -0.477 e. The van der Waals surface area contributed by atoms with Crippen molar-refractivity contribution in [3.63, 3.8) is 0 Å². The molecule has 4 rings (SSSR count). The molecule has 0 fully saturated rings. The summed E-state index contributed by atoms with van der Waals surface area (Å²) < 4.78 is 2.62. The zero-order chi connectivity index (χ0) is 17.0. The summed E-state index contributed by atoms with van der Waals surface area (Å²) in [4.78, 5) is 35.1. The number of aromatic carboxylic acids is 1. The van der Waals surface area contributed by atoms with Crippen molar-refractivity contribution in [1.82, 2.24) is 14.4 Å². The van der Waals surface area contributed by atoms with Crippen LogP contribution in [0.1, 0.15) is 10.4 Å². The van der Waals surface area contributed by atoms with Crippen molar-refractivity contribution in [2.24, 2.45) is 0 Å². The Balaban J connectivity index is 2.35. The van der Waals surface area contributed by atoms with Crippen molar-refractivity contribution in [2.45, 2.75) is 0 Å². The largest absolute Gasteiger partial charge is 0.477 e. The molecule has 0 aliphatic heterocycles. The van der Waals surface area contributed by atoms with Gasteiger partial charge in [-0.15, -0.1) is 11.3 Å². The molecule has 4 aromatic rings. The van der Waals surface area contributed by atoms with Gasteiger partial charge in [-0.1, -0.05) is 12.1 Å². The highest BCUT2D eigenvalue weighted by molar-refractivity contribution is 7.24. The molecular weight excluding hydrogens is 328 g/mol. The number of aromatic nitrogens is 3. The number of rotatable bonds is 2. The second-order valence-electron chi connectivity index (χ2n) is 5.52. The van der Waals surface area contributed by atoms with Crippen molar-refractivity contribution in [3.8, 4) is 0 Å². The van der Waals surface area contributed by atoms with E-state index in [2.05, 4.69) is 9.97 Å². The first kappa shape index (κ1) is 14.6. The molecular formula is C16H12N4O3S. The van der Waals surface area contributed by atoms with E-state index < -0.39 is 11.4 Å². The number of carboxylic acid groups (broad SMARTS) is 1. The fraction of sp³-hybridized carbons (Fsp3) is 0.125. The fourth-order valence-electron chi connectivity index (χ4n) is 2.69. The first-order valence-electron chi connectivity index (χ1n) is 7.12. The quantitative estimate of drug-likeness (QED) is 0.602. The molecule has 0 spiro atoms. The number of hydrogen-bond acceptors (Lipinski definition) is 6. The minimum atomic E-state index is -1.25. The van der Waals surface area contributed by atoms with Gasteiger partial charge in [-0.3, -0.25) is 9.20 Å². The summed E-state index contributed by atoms with van der Waals surface area (Å²) in [7, 11) is 3.61. The SMILES string of the molecule is CN(C)c1ncc2c(=O)c(C(=O)O)c3sc4ccccc4n3c2n1. The van der Waals surface area contributed by atoms with Crippen LogP contribution in [0, 0.1) is 0 Å². The first-order chi connectivity index (χ1) is 11.5. The highest BCUT2D eigenvalue weighted by Gasteiger charge is 2.22. The van der Waals surface area contributed by atoms with Crippen LogP contribution < -0.4 is 10.3 Å². The van der Waals surface area contributed by atoms with Gasteiger partial charge in [0.25, 0.3) is 0 Å². The number of carbonyl (C=O) groups is 1. The van der Waals surface area contributed by atoms with Crippen molar-refractivity contribution < 1.29 is 9.90 Å². The third-order valence-corrected chi connectivity index (χ3v) is 4.93. The van der Waals surface area contributed by atoms with Crippen LogP contribution in [0.25, 0.3) is 26.1 Å². The van der Waals surface area contributed by atoms with E-state index >= 15 is 0 Å². The zero-order valence-electron chi connectivity index (χ0n) is 12.8. The Labute approximate surface area is 139 Å². The number of thiazole rings is 1. The number of benzene rings is 1. The second kappa shape index (κ2) is 5.00. The molecule has 0 saturated carbocycles. The molecule has 1 aromatic carbocycles. The Kier molecular flexibility index (Phi) is 3.04. The monoisotopic (exact) mass is 340 g/mol. The Morgan fingerprint density at radius 3 is 2.75 bits per heavy atom. The van der Waals surface area contributed by atoms with Crippen LogP contribution in [-0.4, -0.2) is 39.5 Å². The lowest BCUT2D eigenvalue weighted by Crippen LogP contribution is -2.19. The number of carboxylic acids is 1. The number of hydrogen-bond donors (Lipinski definition) is 1.